The summed E-state index contributed by atoms with van der Waals surface area (Å²) in [5.74, 6) is 0.909. The molecule has 2 aliphatic carbocycles. The van der Waals surface area contributed by atoms with E-state index >= 15 is 0 Å². The van der Waals surface area contributed by atoms with Gasteiger partial charge in [-0.1, -0.05) is 12.2 Å². The second-order valence-electron chi connectivity index (χ2n) is 3.17. The van der Waals surface area contributed by atoms with E-state index in [4.69, 9.17) is 16.9 Å². The number of nitriles is 1. The van der Waals surface area contributed by atoms with E-state index in [1.54, 1.807) is 0 Å². The maximum Gasteiger partial charge on any atom is 0.137 e. The second kappa shape index (κ2) is 1.77. The number of hydrogen-bond donors (Lipinski definition) is 0. The minimum absolute atomic E-state index is 0.323. The second-order valence-corrected chi connectivity index (χ2v) is 3.84. The number of halogens is 1. The summed E-state index contributed by atoms with van der Waals surface area (Å²) >= 11 is 6.04. The molecule has 0 aromatic rings. The lowest BCUT2D eigenvalue weighted by atomic mass is 9.94. The maximum absolute atomic E-state index is 8.73. The van der Waals surface area contributed by atoms with Crippen LogP contribution >= 0.6 is 11.6 Å². The number of fused-ring (bicyclic) bond motifs is 2. The Labute approximate surface area is 65.3 Å². The fraction of sp³-hybridized carbons (Fsp3) is 0.625. The highest BCUT2D eigenvalue weighted by atomic mass is 35.5. The Hall–Kier alpha value is -0.480. The molecule has 2 rings (SSSR count). The normalized spacial score (nSPS) is 49.6. The number of rotatable bonds is 0. The standard InChI is InChI=1S/C8H8ClN/c9-8(5-10)4-6-1-2-7(8)3-6/h1-2,6-7H,3-4H2/t6-,7-,8-/m1/s1. The molecule has 0 aromatic carbocycles. The first-order chi connectivity index (χ1) is 4.74. The molecule has 0 radical (unpaired) electrons. The van der Waals surface area contributed by atoms with E-state index in [1.165, 1.54) is 0 Å². The van der Waals surface area contributed by atoms with Crippen LogP contribution in [0.15, 0.2) is 12.2 Å². The van der Waals surface area contributed by atoms with Crippen molar-refractivity contribution in [1.82, 2.24) is 0 Å². The van der Waals surface area contributed by atoms with Crippen molar-refractivity contribution < 1.29 is 0 Å². The number of alkyl halides is 1. The first-order valence-corrected chi connectivity index (χ1v) is 3.91. The predicted molar refractivity (Wildman–Crippen MR) is 39.6 cm³/mol. The Morgan fingerprint density at radius 1 is 1.60 bits per heavy atom. The summed E-state index contributed by atoms with van der Waals surface area (Å²) in [4.78, 5) is -0.556. The van der Waals surface area contributed by atoms with Gasteiger partial charge in [0.1, 0.15) is 4.87 Å². The zero-order valence-corrected chi connectivity index (χ0v) is 6.30. The van der Waals surface area contributed by atoms with Crippen molar-refractivity contribution in [3.63, 3.8) is 0 Å². The first-order valence-electron chi connectivity index (χ1n) is 3.53. The van der Waals surface area contributed by atoms with Gasteiger partial charge >= 0.3 is 0 Å². The molecule has 1 fully saturated rings. The zero-order chi connectivity index (χ0) is 7.19. The van der Waals surface area contributed by atoms with Crippen LogP contribution in [0, 0.1) is 23.2 Å². The molecule has 0 N–H and O–H groups in total. The van der Waals surface area contributed by atoms with Crippen molar-refractivity contribution in [2.24, 2.45) is 11.8 Å². The Bertz CT molecular complexity index is 228. The highest BCUT2D eigenvalue weighted by Gasteiger charge is 2.47. The van der Waals surface area contributed by atoms with E-state index in [-0.39, 0.29) is 0 Å². The van der Waals surface area contributed by atoms with Gasteiger partial charge in [0.15, 0.2) is 0 Å². The molecule has 0 aromatic heterocycles. The number of allylic oxidation sites excluding steroid dienone is 2. The molecule has 2 aliphatic rings. The first kappa shape index (κ1) is 6.24. The Morgan fingerprint density at radius 2 is 2.40 bits per heavy atom. The highest BCUT2D eigenvalue weighted by Crippen LogP contribution is 2.49. The molecule has 0 spiro atoms. The summed E-state index contributed by atoms with van der Waals surface area (Å²) < 4.78 is 0. The SMILES string of the molecule is N#C[C@]1(Cl)C[C@@H]2C=C[C@@H]1C2. The van der Waals surface area contributed by atoms with Crippen LogP contribution in [0.4, 0.5) is 0 Å². The van der Waals surface area contributed by atoms with Crippen LogP contribution in [0.1, 0.15) is 12.8 Å². The van der Waals surface area contributed by atoms with Gasteiger partial charge in [-0.05, 0) is 18.8 Å². The van der Waals surface area contributed by atoms with Gasteiger partial charge in [-0.15, -0.1) is 11.6 Å². The average molecular weight is 154 g/mol. The van der Waals surface area contributed by atoms with Crippen LogP contribution in [0.2, 0.25) is 0 Å². The van der Waals surface area contributed by atoms with Crippen LogP contribution in [0.25, 0.3) is 0 Å². The van der Waals surface area contributed by atoms with Crippen molar-refractivity contribution in [2.75, 3.05) is 0 Å². The maximum atomic E-state index is 8.73. The van der Waals surface area contributed by atoms with Crippen LogP contribution in [0.5, 0.6) is 0 Å². The van der Waals surface area contributed by atoms with Crippen LogP contribution < -0.4 is 0 Å². The monoisotopic (exact) mass is 153 g/mol. The largest absolute Gasteiger partial charge is 0.196 e. The van der Waals surface area contributed by atoms with Crippen molar-refractivity contribution >= 4 is 11.6 Å². The Kier molecular flexibility index (Phi) is 1.10. The minimum atomic E-state index is -0.556. The zero-order valence-electron chi connectivity index (χ0n) is 5.55. The molecular weight excluding hydrogens is 146 g/mol. The van der Waals surface area contributed by atoms with Gasteiger partial charge in [-0.3, -0.25) is 0 Å². The summed E-state index contributed by atoms with van der Waals surface area (Å²) in [6.45, 7) is 0. The summed E-state index contributed by atoms with van der Waals surface area (Å²) in [6, 6.07) is 2.19. The van der Waals surface area contributed by atoms with E-state index in [9.17, 15) is 0 Å². The minimum Gasteiger partial charge on any atom is -0.196 e. The molecule has 2 heteroatoms. The van der Waals surface area contributed by atoms with Crippen molar-refractivity contribution in [3.8, 4) is 6.07 Å². The third kappa shape index (κ3) is 0.630. The molecule has 0 saturated heterocycles. The summed E-state index contributed by atoms with van der Waals surface area (Å²) in [7, 11) is 0. The molecule has 52 valence electrons. The Morgan fingerprint density at radius 3 is 2.70 bits per heavy atom. The van der Waals surface area contributed by atoms with Crippen LogP contribution in [-0.4, -0.2) is 4.87 Å². The van der Waals surface area contributed by atoms with Crippen LogP contribution in [-0.2, 0) is 0 Å². The third-order valence-electron chi connectivity index (χ3n) is 2.51. The lowest BCUT2D eigenvalue weighted by Gasteiger charge is -2.19. The topological polar surface area (TPSA) is 23.8 Å². The van der Waals surface area contributed by atoms with Gasteiger partial charge in [-0.25, -0.2) is 0 Å². The van der Waals surface area contributed by atoms with E-state index in [2.05, 4.69) is 18.2 Å². The molecule has 3 atom stereocenters. The number of hydrogen-bond acceptors (Lipinski definition) is 1. The molecule has 10 heavy (non-hydrogen) atoms. The molecule has 2 bridgehead atoms. The lowest BCUT2D eigenvalue weighted by Crippen LogP contribution is -2.23. The summed E-state index contributed by atoms with van der Waals surface area (Å²) in [5.41, 5.74) is 0. The quantitative estimate of drug-likeness (QED) is 0.386. The number of nitrogens with zero attached hydrogens (tertiary/aromatic N) is 1. The van der Waals surface area contributed by atoms with E-state index in [0.29, 0.717) is 11.8 Å². The molecule has 1 nitrogen and oxygen atoms in total. The molecule has 0 heterocycles. The van der Waals surface area contributed by atoms with Gasteiger partial charge in [-0.2, -0.15) is 5.26 Å². The van der Waals surface area contributed by atoms with E-state index in [0.717, 1.165) is 12.8 Å². The van der Waals surface area contributed by atoms with Crippen LogP contribution in [0.3, 0.4) is 0 Å². The molecule has 0 aliphatic heterocycles. The fourth-order valence-corrected chi connectivity index (χ4v) is 2.29. The van der Waals surface area contributed by atoms with Crippen molar-refractivity contribution in [2.45, 2.75) is 17.7 Å². The van der Waals surface area contributed by atoms with Gasteiger partial charge in [0, 0.05) is 5.92 Å². The average Bonchev–Trinajstić information content (AvgIpc) is 2.46. The van der Waals surface area contributed by atoms with Gasteiger partial charge in [0.25, 0.3) is 0 Å². The smallest absolute Gasteiger partial charge is 0.137 e. The fourth-order valence-electron chi connectivity index (χ4n) is 1.93. The molecule has 0 amide bonds. The molecular formula is C8H8ClN. The highest BCUT2D eigenvalue weighted by molar-refractivity contribution is 6.26. The van der Waals surface area contributed by atoms with E-state index in [1.807, 2.05) is 0 Å². The molecule has 0 unspecified atom stereocenters. The van der Waals surface area contributed by atoms with Gasteiger partial charge in [0.2, 0.25) is 0 Å². The lowest BCUT2D eigenvalue weighted by molar-refractivity contribution is 0.602. The Balaban J connectivity index is 2.33. The molecule has 1 saturated carbocycles. The van der Waals surface area contributed by atoms with Gasteiger partial charge in [0.05, 0.1) is 6.07 Å². The van der Waals surface area contributed by atoms with Crippen molar-refractivity contribution in [3.05, 3.63) is 12.2 Å². The van der Waals surface area contributed by atoms with Crippen molar-refractivity contribution in [1.29, 1.82) is 5.26 Å². The summed E-state index contributed by atoms with van der Waals surface area (Å²) in [5, 5.41) is 8.73. The summed E-state index contributed by atoms with van der Waals surface area (Å²) in [6.07, 6.45) is 6.22. The third-order valence-corrected chi connectivity index (χ3v) is 3.02. The van der Waals surface area contributed by atoms with Gasteiger partial charge < -0.3 is 0 Å². The predicted octanol–water partition coefficient (Wildman–Crippen LogP) is 2.08. The van der Waals surface area contributed by atoms with E-state index < -0.39 is 4.87 Å².